The third kappa shape index (κ3) is 4.75. The molecule has 2 aromatic carbocycles. The van der Waals surface area contributed by atoms with Gasteiger partial charge in [-0.25, -0.2) is 4.99 Å². The van der Waals surface area contributed by atoms with Gasteiger partial charge >= 0.3 is 0 Å². The molecular weight excluding hydrogens is 394 g/mol. The summed E-state index contributed by atoms with van der Waals surface area (Å²) in [6.45, 7) is 5.97. The number of aliphatic imine (C=N–C) groups is 1. The van der Waals surface area contributed by atoms with Crippen LogP contribution in [-0.4, -0.2) is 22.2 Å². The normalized spacial score (nSPS) is 17.6. The Bertz CT molecular complexity index is 959. The molecular formula is C21H22ClN3O2S. The molecule has 0 radical (unpaired) electrons. The highest BCUT2D eigenvalue weighted by molar-refractivity contribution is 8.15. The van der Waals surface area contributed by atoms with E-state index in [9.17, 15) is 9.59 Å². The second-order valence-electron chi connectivity index (χ2n) is 6.67. The third-order valence-corrected chi connectivity index (χ3v) is 6.01. The largest absolute Gasteiger partial charge is 0.326 e. The molecule has 1 saturated heterocycles. The molecule has 7 heteroatoms. The zero-order chi connectivity index (χ0) is 20.3. The quantitative estimate of drug-likeness (QED) is 0.739. The van der Waals surface area contributed by atoms with Crippen LogP contribution in [0.3, 0.4) is 0 Å². The summed E-state index contributed by atoms with van der Waals surface area (Å²) in [5.41, 5.74) is 4.62. The van der Waals surface area contributed by atoms with Gasteiger partial charge in [-0.1, -0.05) is 54.6 Å². The number of carbonyl (C=O) groups excluding carboxylic acids is 2. The molecule has 0 aliphatic carbocycles. The minimum atomic E-state index is -0.506. The lowest BCUT2D eigenvalue weighted by Crippen LogP contribution is -2.28. The van der Waals surface area contributed by atoms with E-state index in [1.165, 1.54) is 11.8 Å². The van der Waals surface area contributed by atoms with E-state index in [-0.39, 0.29) is 18.2 Å². The van der Waals surface area contributed by atoms with E-state index in [1.54, 1.807) is 12.1 Å². The molecule has 0 bridgehead atoms. The van der Waals surface area contributed by atoms with Crippen molar-refractivity contribution in [2.75, 3.05) is 5.32 Å². The lowest BCUT2D eigenvalue weighted by atomic mass is 10.1. The van der Waals surface area contributed by atoms with Crippen LogP contribution in [0.4, 0.5) is 11.4 Å². The molecule has 0 spiro atoms. The van der Waals surface area contributed by atoms with Crippen molar-refractivity contribution in [2.24, 2.45) is 4.99 Å². The van der Waals surface area contributed by atoms with Gasteiger partial charge < -0.3 is 10.6 Å². The summed E-state index contributed by atoms with van der Waals surface area (Å²) in [4.78, 5) is 29.3. The van der Waals surface area contributed by atoms with Gasteiger partial charge in [0.25, 0.3) is 0 Å². The van der Waals surface area contributed by atoms with Gasteiger partial charge in [-0.05, 0) is 49.1 Å². The van der Waals surface area contributed by atoms with Crippen molar-refractivity contribution in [3.05, 3.63) is 58.1 Å². The number of nitrogens with zero attached hydrogens (tertiary/aromatic N) is 1. The van der Waals surface area contributed by atoms with E-state index >= 15 is 0 Å². The number of halogens is 1. The molecule has 1 aliphatic heterocycles. The zero-order valence-electron chi connectivity index (χ0n) is 16.0. The summed E-state index contributed by atoms with van der Waals surface area (Å²) in [6, 6.07) is 11.4. The number of hydrogen-bond acceptors (Lipinski definition) is 4. The Balaban J connectivity index is 1.68. The first kappa shape index (κ1) is 20.4. The van der Waals surface area contributed by atoms with Gasteiger partial charge in [0.15, 0.2) is 5.17 Å². The van der Waals surface area contributed by atoms with Gasteiger partial charge in [-0.3, -0.25) is 9.59 Å². The fourth-order valence-electron chi connectivity index (χ4n) is 2.91. The predicted octanol–water partition coefficient (Wildman–Crippen LogP) is 4.77. The molecule has 1 fully saturated rings. The first-order chi connectivity index (χ1) is 13.4. The molecule has 0 saturated carbocycles. The molecule has 2 amide bonds. The molecule has 0 aromatic heterocycles. The minimum Gasteiger partial charge on any atom is -0.326 e. The number of aryl methyl sites for hydroxylation is 3. The second-order valence-corrected chi connectivity index (χ2v) is 8.26. The maximum absolute atomic E-state index is 12.3. The maximum atomic E-state index is 12.3. The van der Waals surface area contributed by atoms with Crippen LogP contribution in [0, 0.1) is 13.8 Å². The number of nitrogens with one attached hydrogen (secondary N) is 2. The van der Waals surface area contributed by atoms with Crippen molar-refractivity contribution >= 4 is 51.7 Å². The Morgan fingerprint density at radius 1 is 1.25 bits per heavy atom. The second kappa shape index (κ2) is 8.80. The van der Waals surface area contributed by atoms with Crippen LogP contribution in [0.25, 0.3) is 0 Å². The molecule has 2 aromatic rings. The van der Waals surface area contributed by atoms with Gasteiger partial charge in [-0.2, -0.15) is 0 Å². The molecule has 1 aliphatic rings. The molecule has 0 unspecified atom stereocenters. The average molecular weight is 416 g/mol. The van der Waals surface area contributed by atoms with Crippen LogP contribution in [-0.2, 0) is 16.0 Å². The number of benzene rings is 2. The summed E-state index contributed by atoms with van der Waals surface area (Å²) < 4.78 is 0. The summed E-state index contributed by atoms with van der Waals surface area (Å²) in [6.07, 6.45) is 0.923. The highest BCUT2D eigenvalue weighted by atomic mass is 35.5. The first-order valence-electron chi connectivity index (χ1n) is 9.08. The monoisotopic (exact) mass is 415 g/mol. The van der Waals surface area contributed by atoms with Crippen molar-refractivity contribution in [1.82, 2.24) is 5.32 Å². The van der Waals surface area contributed by atoms with Gasteiger partial charge in [0.2, 0.25) is 11.8 Å². The van der Waals surface area contributed by atoms with Crippen LogP contribution in [0.5, 0.6) is 0 Å². The van der Waals surface area contributed by atoms with E-state index in [4.69, 9.17) is 11.6 Å². The highest BCUT2D eigenvalue weighted by Gasteiger charge is 2.32. The summed E-state index contributed by atoms with van der Waals surface area (Å²) in [7, 11) is 0. The van der Waals surface area contributed by atoms with Crippen LogP contribution >= 0.6 is 23.4 Å². The number of anilines is 1. The number of hydrogen-bond donors (Lipinski definition) is 2. The van der Waals surface area contributed by atoms with Crippen molar-refractivity contribution in [3.63, 3.8) is 0 Å². The van der Waals surface area contributed by atoms with E-state index in [2.05, 4.69) is 22.5 Å². The summed E-state index contributed by atoms with van der Waals surface area (Å²) in [5.74, 6) is -0.438. The van der Waals surface area contributed by atoms with Crippen LogP contribution in [0.15, 0.2) is 41.4 Å². The van der Waals surface area contributed by atoms with Crippen LogP contribution in [0.2, 0.25) is 5.02 Å². The van der Waals surface area contributed by atoms with Gasteiger partial charge in [-0.15, -0.1) is 0 Å². The standard InChI is InChI=1S/C21H22ClN3O2S/c1-4-14-7-5-6-13(3)19(14)24-21-25-20(27)17(28-21)11-18(26)23-15-9-8-12(2)16(22)10-15/h5-10,17H,4,11H2,1-3H3,(H,23,26)(H,24,25,27)/t17-/m0/s1. The van der Waals surface area contributed by atoms with Crippen molar-refractivity contribution in [1.29, 1.82) is 0 Å². The zero-order valence-corrected chi connectivity index (χ0v) is 17.6. The highest BCUT2D eigenvalue weighted by Crippen LogP contribution is 2.30. The summed E-state index contributed by atoms with van der Waals surface area (Å²) in [5, 5.41) is 6.20. The summed E-state index contributed by atoms with van der Waals surface area (Å²) >= 11 is 7.38. The number of carbonyl (C=O) groups is 2. The van der Waals surface area contributed by atoms with Crippen LogP contribution < -0.4 is 10.6 Å². The number of amidine groups is 1. The van der Waals surface area contributed by atoms with E-state index in [1.807, 2.05) is 38.1 Å². The Hall–Kier alpha value is -2.31. The Morgan fingerprint density at radius 2 is 2.04 bits per heavy atom. The Labute approximate surface area is 174 Å². The topological polar surface area (TPSA) is 70.6 Å². The molecule has 28 heavy (non-hydrogen) atoms. The van der Waals surface area contributed by atoms with Gasteiger partial charge in [0.1, 0.15) is 5.25 Å². The molecule has 2 N–H and O–H groups in total. The molecule has 5 nitrogen and oxygen atoms in total. The average Bonchev–Trinajstić information content (AvgIpc) is 2.99. The Morgan fingerprint density at radius 3 is 2.75 bits per heavy atom. The number of thioether (sulfide) groups is 1. The van der Waals surface area contributed by atoms with E-state index in [0.717, 1.165) is 28.8 Å². The van der Waals surface area contributed by atoms with Crippen LogP contribution in [0.1, 0.15) is 30.0 Å². The SMILES string of the molecule is CCc1cccc(C)c1N=C1NC(=O)[C@H](CC(=O)Nc2ccc(C)c(Cl)c2)S1. The smallest absolute Gasteiger partial charge is 0.240 e. The molecule has 3 rings (SSSR count). The third-order valence-electron chi connectivity index (χ3n) is 4.52. The fraction of sp³-hybridized carbons (Fsp3) is 0.286. The van der Waals surface area contributed by atoms with E-state index in [0.29, 0.717) is 15.9 Å². The Kier molecular flexibility index (Phi) is 6.42. The fourth-order valence-corrected chi connectivity index (χ4v) is 4.06. The first-order valence-corrected chi connectivity index (χ1v) is 10.3. The number of para-hydroxylation sites is 1. The lowest BCUT2D eigenvalue weighted by Gasteiger charge is -2.09. The number of amides is 2. The van der Waals surface area contributed by atoms with Crippen molar-refractivity contribution < 1.29 is 9.59 Å². The number of rotatable bonds is 5. The molecule has 146 valence electrons. The molecule has 1 heterocycles. The minimum absolute atomic E-state index is 0.0649. The lowest BCUT2D eigenvalue weighted by molar-refractivity contribution is -0.122. The predicted molar refractivity (Wildman–Crippen MR) is 117 cm³/mol. The van der Waals surface area contributed by atoms with Gasteiger partial charge in [0.05, 0.1) is 5.69 Å². The maximum Gasteiger partial charge on any atom is 0.240 e. The van der Waals surface area contributed by atoms with E-state index < -0.39 is 5.25 Å². The van der Waals surface area contributed by atoms with Crippen molar-refractivity contribution in [3.8, 4) is 0 Å². The van der Waals surface area contributed by atoms with Gasteiger partial charge in [0, 0.05) is 17.1 Å². The molecule has 1 atom stereocenters. The van der Waals surface area contributed by atoms with Crippen molar-refractivity contribution in [2.45, 2.75) is 38.9 Å².